The highest BCUT2D eigenvalue weighted by Gasteiger charge is 2.34. The van der Waals surface area contributed by atoms with E-state index in [9.17, 15) is 14.9 Å². The molecule has 0 saturated carbocycles. The molecule has 7 heteroatoms. The normalized spacial score (nSPS) is 17.5. The number of nitrogens with one attached hydrogen (secondary N) is 1. The van der Waals surface area contributed by atoms with Gasteiger partial charge in [-0.3, -0.25) is 19.6 Å². The number of likely N-dealkylation sites (tertiary alicyclic amines) is 1. The highest BCUT2D eigenvalue weighted by Crippen LogP contribution is 2.29. The molecular formula is C28H23N5O2. The maximum Gasteiger partial charge on any atom is 0.253 e. The van der Waals surface area contributed by atoms with Crippen molar-refractivity contribution in [3.8, 4) is 6.07 Å². The van der Waals surface area contributed by atoms with E-state index in [4.69, 9.17) is 0 Å². The van der Waals surface area contributed by atoms with E-state index in [1.165, 1.54) is 0 Å². The Morgan fingerprint density at radius 1 is 0.943 bits per heavy atom. The van der Waals surface area contributed by atoms with Gasteiger partial charge in [-0.15, -0.1) is 0 Å². The van der Waals surface area contributed by atoms with Gasteiger partial charge in [0.25, 0.3) is 11.8 Å². The van der Waals surface area contributed by atoms with Crippen LogP contribution in [0.5, 0.6) is 0 Å². The van der Waals surface area contributed by atoms with Gasteiger partial charge in [-0.1, -0.05) is 42.5 Å². The molecular weight excluding hydrogens is 438 g/mol. The molecule has 1 aliphatic heterocycles. The molecule has 2 amide bonds. The summed E-state index contributed by atoms with van der Waals surface area (Å²) in [7, 11) is 0. The quantitative estimate of drug-likeness (QED) is 0.497. The lowest BCUT2D eigenvalue weighted by Crippen LogP contribution is -2.51. The maximum atomic E-state index is 13.4. The third kappa shape index (κ3) is 4.59. The van der Waals surface area contributed by atoms with E-state index < -0.39 is 0 Å². The number of fused-ring (bicyclic) bond motifs is 1. The van der Waals surface area contributed by atoms with Crippen LogP contribution in [-0.2, 0) is 0 Å². The first-order valence-corrected chi connectivity index (χ1v) is 11.5. The lowest BCUT2D eigenvalue weighted by Gasteiger charge is -2.39. The minimum Gasteiger partial charge on any atom is -0.349 e. The fourth-order valence-electron chi connectivity index (χ4n) is 4.65. The van der Waals surface area contributed by atoms with Crippen molar-refractivity contribution in [3.05, 3.63) is 107 Å². The maximum absolute atomic E-state index is 13.4. The van der Waals surface area contributed by atoms with Crippen molar-refractivity contribution in [1.29, 1.82) is 5.26 Å². The number of aromatic nitrogens is 2. The Labute approximate surface area is 203 Å². The number of carbonyl (C=O) groups excluding carboxylic acids is 2. The zero-order valence-corrected chi connectivity index (χ0v) is 19.0. The molecule has 0 bridgehead atoms. The summed E-state index contributed by atoms with van der Waals surface area (Å²) in [6, 6.07) is 24.0. The van der Waals surface area contributed by atoms with E-state index in [0.29, 0.717) is 41.7 Å². The summed E-state index contributed by atoms with van der Waals surface area (Å²) in [6.45, 7) is 0.970. The molecule has 2 heterocycles. The van der Waals surface area contributed by atoms with E-state index in [2.05, 4.69) is 21.4 Å². The number of carbonyl (C=O) groups is 2. The lowest BCUT2D eigenvalue weighted by atomic mass is 9.85. The van der Waals surface area contributed by atoms with Crippen LogP contribution >= 0.6 is 0 Å². The Morgan fingerprint density at radius 3 is 2.49 bits per heavy atom. The number of hydrogen-bond acceptors (Lipinski definition) is 5. The Bertz CT molecular complexity index is 1430. The van der Waals surface area contributed by atoms with Crippen LogP contribution in [0.25, 0.3) is 11.0 Å². The SMILES string of the molecule is N#Cc1ccccc1C(=O)N[C@@H]1CCN(C(=O)c2ccc3nccnc3c2)C[C@@H]1c1ccccc1. The Hall–Kier alpha value is -4.57. The van der Waals surface area contributed by atoms with Crippen LogP contribution < -0.4 is 5.32 Å². The molecule has 3 aromatic carbocycles. The van der Waals surface area contributed by atoms with Crippen LogP contribution in [0.15, 0.2) is 85.2 Å². The fraction of sp³-hybridized carbons (Fsp3) is 0.179. The average Bonchev–Trinajstić information content (AvgIpc) is 2.93. The van der Waals surface area contributed by atoms with Crippen LogP contribution in [0.1, 0.15) is 44.2 Å². The molecule has 4 aromatic rings. The number of nitrogens with zero attached hydrogens (tertiary/aromatic N) is 4. The van der Waals surface area contributed by atoms with Gasteiger partial charge in [0.05, 0.1) is 28.2 Å². The second-order valence-electron chi connectivity index (χ2n) is 8.55. The van der Waals surface area contributed by atoms with Gasteiger partial charge in [-0.25, -0.2) is 0 Å². The van der Waals surface area contributed by atoms with Crippen LogP contribution in [0.4, 0.5) is 0 Å². The zero-order valence-electron chi connectivity index (χ0n) is 19.0. The summed E-state index contributed by atoms with van der Waals surface area (Å²) in [6.07, 6.45) is 3.84. The molecule has 35 heavy (non-hydrogen) atoms. The molecule has 0 spiro atoms. The summed E-state index contributed by atoms with van der Waals surface area (Å²) in [5, 5.41) is 12.5. The highest BCUT2D eigenvalue weighted by atomic mass is 16.2. The van der Waals surface area contributed by atoms with Crippen LogP contribution in [0.3, 0.4) is 0 Å². The number of amides is 2. The molecule has 1 aliphatic rings. The molecule has 5 rings (SSSR count). The molecule has 0 radical (unpaired) electrons. The van der Waals surface area contributed by atoms with Crippen molar-refractivity contribution in [2.75, 3.05) is 13.1 Å². The average molecular weight is 462 g/mol. The Kier molecular flexibility index (Phi) is 6.18. The van der Waals surface area contributed by atoms with Gasteiger partial charge in [0, 0.05) is 43.0 Å². The summed E-state index contributed by atoms with van der Waals surface area (Å²) in [5.41, 5.74) is 3.73. The van der Waals surface area contributed by atoms with Crippen LogP contribution in [0, 0.1) is 11.3 Å². The van der Waals surface area contributed by atoms with Crippen LogP contribution in [0.2, 0.25) is 0 Å². The van der Waals surface area contributed by atoms with E-state index >= 15 is 0 Å². The molecule has 172 valence electrons. The smallest absolute Gasteiger partial charge is 0.253 e. The van der Waals surface area contributed by atoms with Crippen molar-refractivity contribution in [2.24, 2.45) is 0 Å². The molecule has 1 saturated heterocycles. The van der Waals surface area contributed by atoms with Gasteiger partial charge in [-0.2, -0.15) is 5.26 Å². The largest absolute Gasteiger partial charge is 0.349 e. The van der Waals surface area contributed by atoms with Crippen LogP contribution in [-0.4, -0.2) is 45.8 Å². The molecule has 1 aromatic heterocycles. The fourth-order valence-corrected chi connectivity index (χ4v) is 4.65. The first-order valence-electron chi connectivity index (χ1n) is 11.5. The standard InChI is InChI=1S/C28H23N5O2/c29-17-21-8-4-5-9-22(21)27(34)32-24-12-15-33(18-23(24)19-6-2-1-3-7-19)28(35)20-10-11-25-26(16-20)31-14-13-30-25/h1-11,13-14,16,23-24H,12,15,18H2,(H,32,34)/t23-,24-/m1/s1. The zero-order chi connectivity index (χ0) is 24.2. The number of nitriles is 1. The molecule has 2 atom stereocenters. The topological polar surface area (TPSA) is 99.0 Å². The van der Waals surface area contributed by atoms with Gasteiger partial charge >= 0.3 is 0 Å². The number of benzene rings is 3. The molecule has 7 nitrogen and oxygen atoms in total. The summed E-state index contributed by atoms with van der Waals surface area (Å²) >= 11 is 0. The minimum atomic E-state index is -0.277. The Balaban J connectivity index is 1.39. The van der Waals surface area contributed by atoms with Gasteiger partial charge in [-0.05, 0) is 42.3 Å². The van der Waals surface area contributed by atoms with Crippen molar-refractivity contribution in [2.45, 2.75) is 18.4 Å². The van der Waals surface area contributed by atoms with E-state index in [1.807, 2.05) is 41.3 Å². The van der Waals surface area contributed by atoms with E-state index in [0.717, 1.165) is 11.1 Å². The predicted octanol–water partition coefficient (Wildman–Crippen LogP) is 3.93. The van der Waals surface area contributed by atoms with E-state index in [1.54, 1.807) is 48.8 Å². The first kappa shape index (κ1) is 22.2. The number of rotatable bonds is 4. The van der Waals surface area contributed by atoms with Gasteiger partial charge < -0.3 is 10.2 Å². The predicted molar refractivity (Wildman–Crippen MR) is 132 cm³/mol. The van der Waals surface area contributed by atoms with Gasteiger partial charge in [0.1, 0.15) is 0 Å². The van der Waals surface area contributed by atoms with Crippen molar-refractivity contribution in [3.63, 3.8) is 0 Å². The minimum absolute atomic E-state index is 0.0712. The summed E-state index contributed by atoms with van der Waals surface area (Å²) < 4.78 is 0. The molecule has 1 fully saturated rings. The highest BCUT2D eigenvalue weighted by molar-refractivity contribution is 5.98. The summed E-state index contributed by atoms with van der Waals surface area (Å²) in [5.74, 6) is -0.439. The molecule has 0 unspecified atom stereocenters. The van der Waals surface area contributed by atoms with Gasteiger partial charge in [0.15, 0.2) is 0 Å². The summed E-state index contributed by atoms with van der Waals surface area (Å²) in [4.78, 5) is 36.9. The second kappa shape index (κ2) is 9.74. The van der Waals surface area contributed by atoms with Crippen molar-refractivity contribution >= 4 is 22.8 Å². The first-order chi connectivity index (χ1) is 17.1. The van der Waals surface area contributed by atoms with E-state index in [-0.39, 0.29) is 23.8 Å². The third-order valence-electron chi connectivity index (χ3n) is 6.45. The van der Waals surface area contributed by atoms with Crippen molar-refractivity contribution < 1.29 is 9.59 Å². The molecule has 1 N–H and O–H groups in total. The number of piperidine rings is 1. The monoisotopic (exact) mass is 461 g/mol. The Morgan fingerprint density at radius 2 is 1.69 bits per heavy atom. The van der Waals surface area contributed by atoms with Crippen molar-refractivity contribution in [1.82, 2.24) is 20.2 Å². The second-order valence-corrected chi connectivity index (χ2v) is 8.55. The third-order valence-corrected chi connectivity index (χ3v) is 6.45. The lowest BCUT2D eigenvalue weighted by molar-refractivity contribution is 0.0671. The number of hydrogen-bond donors (Lipinski definition) is 1. The van der Waals surface area contributed by atoms with Gasteiger partial charge in [0.2, 0.25) is 0 Å². The molecule has 0 aliphatic carbocycles.